The molecular weight excluding hydrogens is 238 g/mol. The zero-order valence-corrected chi connectivity index (χ0v) is 10.1. The first kappa shape index (κ1) is 11.3. The second-order valence-corrected chi connectivity index (χ2v) is 3.94. The minimum absolute atomic E-state index is 0.637. The van der Waals surface area contributed by atoms with Crippen LogP contribution in [-0.2, 0) is 0 Å². The quantitative estimate of drug-likeness (QED) is 0.572. The SMILES string of the molecule is C(=NNc1nncc2ccccc12)c1cccnc1. The Kier molecular flexibility index (Phi) is 3.10. The van der Waals surface area contributed by atoms with E-state index in [1.54, 1.807) is 24.8 Å². The molecule has 0 aliphatic heterocycles. The highest BCUT2D eigenvalue weighted by Gasteiger charge is 2.00. The average molecular weight is 249 g/mol. The van der Waals surface area contributed by atoms with Crippen molar-refractivity contribution in [2.45, 2.75) is 0 Å². The van der Waals surface area contributed by atoms with Crippen LogP contribution in [0.15, 0.2) is 60.1 Å². The maximum atomic E-state index is 4.14. The van der Waals surface area contributed by atoms with Gasteiger partial charge >= 0.3 is 0 Å². The van der Waals surface area contributed by atoms with Crippen LogP contribution in [0.4, 0.5) is 5.82 Å². The molecule has 0 fully saturated rings. The van der Waals surface area contributed by atoms with Crippen molar-refractivity contribution in [1.29, 1.82) is 0 Å². The normalized spacial score (nSPS) is 10.9. The minimum atomic E-state index is 0.637. The van der Waals surface area contributed by atoms with Crippen molar-refractivity contribution in [2.24, 2.45) is 5.10 Å². The molecule has 0 saturated heterocycles. The van der Waals surface area contributed by atoms with Gasteiger partial charge in [-0.15, -0.1) is 5.10 Å². The van der Waals surface area contributed by atoms with E-state index in [0.29, 0.717) is 5.82 Å². The Morgan fingerprint density at radius 3 is 2.89 bits per heavy atom. The third kappa shape index (κ3) is 2.55. The number of hydrogen-bond donors (Lipinski definition) is 1. The Balaban J connectivity index is 1.84. The van der Waals surface area contributed by atoms with Crippen LogP contribution in [0, 0.1) is 0 Å². The van der Waals surface area contributed by atoms with E-state index in [9.17, 15) is 0 Å². The number of fused-ring (bicyclic) bond motifs is 1. The number of aromatic nitrogens is 3. The number of nitrogens with one attached hydrogen (secondary N) is 1. The summed E-state index contributed by atoms with van der Waals surface area (Å²) in [6, 6.07) is 11.7. The lowest BCUT2D eigenvalue weighted by Gasteiger charge is -2.02. The standard InChI is InChI=1S/C14H11N5/c1-2-6-13-12(5-1)10-17-19-14(13)18-16-9-11-4-3-7-15-8-11/h1-10H,(H,18,19). The molecule has 0 saturated carbocycles. The van der Waals surface area contributed by atoms with Gasteiger partial charge < -0.3 is 0 Å². The molecule has 0 aliphatic rings. The zero-order chi connectivity index (χ0) is 12.9. The zero-order valence-electron chi connectivity index (χ0n) is 10.1. The van der Waals surface area contributed by atoms with Crippen molar-refractivity contribution in [3.05, 3.63) is 60.6 Å². The summed E-state index contributed by atoms with van der Waals surface area (Å²) in [6.07, 6.45) is 6.88. The van der Waals surface area contributed by atoms with Gasteiger partial charge in [0.1, 0.15) is 0 Å². The third-order valence-corrected chi connectivity index (χ3v) is 2.64. The molecule has 3 rings (SSSR count). The second kappa shape index (κ2) is 5.22. The summed E-state index contributed by atoms with van der Waals surface area (Å²) in [5.41, 5.74) is 3.82. The molecule has 0 spiro atoms. The van der Waals surface area contributed by atoms with Crippen molar-refractivity contribution in [2.75, 3.05) is 5.43 Å². The van der Waals surface area contributed by atoms with Gasteiger partial charge in [-0.05, 0) is 6.07 Å². The maximum absolute atomic E-state index is 4.14. The fourth-order valence-corrected chi connectivity index (χ4v) is 1.73. The molecule has 2 heterocycles. The number of anilines is 1. The minimum Gasteiger partial charge on any atom is -0.264 e. The van der Waals surface area contributed by atoms with Crippen LogP contribution in [0.1, 0.15) is 5.56 Å². The lowest BCUT2D eigenvalue weighted by atomic mass is 10.2. The van der Waals surface area contributed by atoms with Crippen molar-refractivity contribution >= 4 is 22.8 Å². The number of pyridine rings is 1. The second-order valence-electron chi connectivity index (χ2n) is 3.94. The van der Waals surface area contributed by atoms with E-state index in [0.717, 1.165) is 16.3 Å². The van der Waals surface area contributed by atoms with Crippen molar-refractivity contribution < 1.29 is 0 Å². The molecule has 19 heavy (non-hydrogen) atoms. The van der Waals surface area contributed by atoms with Gasteiger partial charge in [0.05, 0.1) is 12.4 Å². The molecule has 5 heteroatoms. The smallest absolute Gasteiger partial charge is 0.176 e. The molecule has 0 atom stereocenters. The monoisotopic (exact) mass is 249 g/mol. The highest BCUT2D eigenvalue weighted by atomic mass is 15.3. The van der Waals surface area contributed by atoms with Gasteiger partial charge in [0, 0.05) is 28.7 Å². The maximum Gasteiger partial charge on any atom is 0.176 e. The molecule has 92 valence electrons. The molecule has 2 aromatic heterocycles. The van der Waals surface area contributed by atoms with Crippen LogP contribution in [0.3, 0.4) is 0 Å². The molecule has 0 unspecified atom stereocenters. The van der Waals surface area contributed by atoms with Crippen LogP contribution in [-0.4, -0.2) is 21.4 Å². The summed E-state index contributed by atoms with van der Waals surface area (Å²) in [4.78, 5) is 4.01. The van der Waals surface area contributed by atoms with Gasteiger partial charge in [-0.3, -0.25) is 10.4 Å². The fourth-order valence-electron chi connectivity index (χ4n) is 1.73. The van der Waals surface area contributed by atoms with Gasteiger partial charge in [0.2, 0.25) is 0 Å². The van der Waals surface area contributed by atoms with Crippen LogP contribution in [0.2, 0.25) is 0 Å². The van der Waals surface area contributed by atoms with E-state index < -0.39 is 0 Å². The Labute approximate surface area is 110 Å². The Morgan fingerprint density at radius 1 is 1.05 bits per heavy atom. The molecule has 1 N–H and O–H groups in total. The molecule has 0 bridgehead atoms. The van der Waals surface area contributed by atoms with Crippen LogP contribution < -0.4 is 5.43 Å². The van der Waals surface area contributed by atoms with E-state index in [-0.39, 0.29) is 0 Å². The topological polar surface area (TPSA) is 63.1 Å². The van der Waals surface area contributed by atoms with Crippen LogP contribution >= 0.6 is 0 Å². The van der Waals surface area contributed by atoms with Gasteiger partial charge in [0.25, 0.3) is 0 Å². The largest absolute Gasteiger partial charge is 0.264 e. The molecule has 1 aromatic carbocycles. The summed E-state index contributed by atoms with van der Waals surface area (Å²) in [5.74, 6) is 0.637. The Hall–Kier alpha value is -2.82. The lowest BCUT2D eigenvalue weighted by molar-refractivity contribution is 1.04. The van der Waals surface area contributed by atoms with E-state index in [4.69, 9.17) is 0 Å². The molecule has 0 aliphatic carbocycles. The summed E-state index contributed by atoms with van der Waals surface area (Å²) in [5, 5.41) is 14.1. The number of hydrogen-bond acceptors (Lipinski definition) is 5. The first-order valence-electron chi connectivity index (χ1n) is 5.83. The van der Waals surface area contributed by atoms with E-state index >= 15 is 0 Å². The Morgan fingerprint density at radius 2 is 2.00 bits per heavy atom. The van der Waals surface area contributed by atoms with Crippen molar-refractivity contribution in [3.63, 3.8) is 0 Å². The molecule has 0 amide bonds. The van der Waals surface area contributed by atoms with Crippen molar-refractivity contribution in [1.82, 2.24) is 15.2 Å². The van der Waals surface area contributed by atoms with Crippen LogP contribution in [0.25, 0.3) is 10.8 Å². The predicted octanol–water partition coefficient (Wildman–Crippen LogP) is 2.47. The summed E-state index contributed by atoms with van der Waals surface area (Å²) >= 11 is 0. The summed E-state index contributed by atoms with van der Waals surface area (Å²) in [6.45, 7) is 0. The lowest BCUT2D eigenvalue weighted by Crippen LogP contribution is -1.96. The predicted molar refractivity (Wildman–Crippen MR) is 75.0 cm³/mol. The van der Waals surface area contributed by atoms with Gasteiger partial charge in [-0.25, -0.2) is 0 Å². The molecule has 0 radical (unpaired) electrons. The molecule has 3 aromatic rings. The summed E-state index contributed by atoms with van der Waals surface area (Å²) in [7, 11) is 0. The highest BCUT2D eigenvalue weighted by Crippen LogP contribution is 2.18. The number of benzene rings is 1. The number of hydrazone groups is 1. The Bertz CT molecular complexity index is 704. The average Bonchev–Trinajstić information content (AvgIpc) is 2.49. The first-order chi connectivity index (χ1) is 9.43. The van der Waals surface area contributed by atoms with E-state index in [1.807, 2.05) is 36.4 Å². The van der Waals surface area contributed by atoms with E-state index in [2.05, 4.69) is 25.7 Å². The van der Waals surface area contributed by atoms with Crippen LogP contribution in [0.5, 0.6) is 0 Å². The van der Waals surface area contributed by atoms with Crippen molar-refractivity contribution in [3.8, 4) is 0 Å². The number of nitrogens with zero attached hydrogens (tertiary/aromatic N) is 4. The first-order valence-corrected chi connectivity index (χ1v) is 5.83. The van der Waals surface area contributed by atoms with Gasteiger partial charge in [-0.1, -0.05) is 30.3 Å². The van der Waals surface area contributed by atoms with E-state index in [1.165, 1.54) is 0 Å². The van der Waals surface area contributed by atoms with Gasteiger partial charge in [0.15, 0.2) is 5.82 Å². The molecular formula is C14H11N5. The van der Waals surface area contributed by atoms with Gasteiger partial charge in [-0.2, -0.15) is 10.2 Å². The summed E-state index contributed by atoms with van der Waals surface area (Å²) < 4.78 is 0. The third-order valence-electron chi connectivity index (χ3n) is 2.64. The fraction of sp³-hybridized carbons (Fsp3) is 0. The number of rotatable bonds is 3. The molecule has 5 nitrogen and oxygen atoms in total. The highest BCUT2D eigenvalue weighted by molar-refractivity contribution is 5.91.